The van der Waals surface area contributed by atoms with Crippen molar-refractivity contribution in [1.82, 2.24) is 4.98 Å². The predicted molar refractivity (Wildman–Crippen MR) is 58.6 cm³/mol. The van der Waals surface area contributed by atoms with Gasteiger partial charge in [-0.2, -0.15) is 0 Å². The maximum Gasteiger partial charge on any atom is 0.354 e. The van der Waals surface area contributed by atoms with Crippen molar-refractivity contribution in [3.05, 3.63) is 35.2 Å². The van der Waals surface area contributed by atoms with Gasteiger partial charge in [0.05, 0.1) is 0 Å². The van der Waals surface area contributed by atoms with E-state index in [9.17, 15) is 4.79 Å². The molecule has 0 aromatic carbocycles. The largest absolute Gasteiger partial charge is 0.477 e. The van der Waals surface area contributed by atoms with Crippen LogP contribution in [0.25, 0.3) is 6.08 Å². The highest BCUT2D eigenvalue weighted by Gasteiger charge is 2.07. The van der Waals surface area contributed by atoms with E-state index in [4.69, 9.17) is 10.8 Å². The lowest BCUT2D eigenvalue weighted by Gasteiger charge is -2.00. The number of carboxylic acids is 1. The van der Waals surface area contributed by atoms with E-state index in [2.05, 4.69) is 4.98 Å². The molecule has 4 heteroatoms. The second-order valence-corrected chi connectivity index (χ2v) is 3.22. The predicted octanol–water partition coefficient (Wildman–Crippen LogP) is 1.45. The smallest absolute Gasteiger partial charge is 0.354 e. The van der Waals surface area contributed by atoms with Gasteiger partial charge < -0.3 is 10.8 Å². The molecule has 0 bridgehead atoms. The van der Waals surface area contributed by atoms with Crippen LogP contribution in [0.1, 0.15) is 28.0 Å². The number of nitrogens with two attached hydrogens (primary N) is 1. The van der Waals surface area contributed by atoms with Crippen molar-refractivity contribution in [2.24, 2.45) is 5.73 Å². The maximum absolute atomic E-state index is 10.7. The van der Waals surface area contributed by atoms with Gasteiger partial charge in [0.1, 0.15) is 0 Å². The van der Waals surface area contributed by atoms with Crippen molar-refractivity contribution in [2.75, 3.05) is 6.54 Å². The van der Waals surface area contributed by atoms with Crippen LogP contribution in [-0.2, 0) is 0 Å². The molecular formula is C11H14N2O2. The van der Waals surface area contributed by atoms with Gasteiger partial charge in [-0.25, -0.2) is 9.78 Å². The van der Waals surface area contributed by atoms with Gasteiger partial charge in [0, 0.05) is 6.20 Å². The van der Waals surface area contributed by atoms with Gasteiger partial charge in [-0.15, -0.1) is 0 Å². The highest BCUT2D eigenvalue weighted by atomic mass is 16.4. The molecule has 0 unspecified atom stereocenters. The normalized spacial score (nSPS) is 10.8. The molecule has 15 heavy (non-hydrogen) atoms. The van der Waals surface area contributed by atoms with Crippen LogP contribution in [0, 0.1) is 6.92 Å². The summed E-state index contributed by atoms with van der Waals surface area (Å²) in [4.78, 5) is 14.6. The number of hydrogen-bond acceptors (Lipinski definition) is 3. The molecule has 1 aromatic heterocycles. The summed E-state index contributed by atoms with van der Waals surface area (Å²) < 4.78 is 0. The first-order valence-electron chi connectivity index (χ1n) is 4.71. The Kier molecular flexibility index (Phi) is 4.00. The third-order valence-electron chi connectivity index (χ3n) is 1.95. The molecule has 0 amide bonds. The zero-order valence-corrected chi connectivity index (χ0v) is 8.60. The van der Waals surface area contributed by atoms with Crippen molar-refractivity contribution in [1.29, 1.82) is 0 Å². The van der Waals surface area contributed by atoms with Crippen molar-refractivity contribution in [2.45, 2.75) is 13.3 Å². The Balaban J connectivity index is 2.87. The van der Waals surface area contributed by atoms with Crippen LogP contribution in [0.5, 0.6) is 0 Å². The summed E-state index contributed by atoms with van der Waals surface area (Å²) in [6.45, 7) is 2.34. The second kappa shape index (κ2) is 5.26. The number of aryl methyl sites for hydroxylation is 1. The van der Waals surface area contributed by atoms with Crippen LogP contribution in [0.2, 0.25) is 0 Å². The van der Waals surface area contributed by atoms with Crippen molar-refractivity contribution in [3.8, 4) is 0 Å². The Morgan fingerprint density at radius 3 is 2.93 bits per heavy atom. The summed E-state index contributed by atoms with van der Waals surface area (Å²) in [5.41, 5.74) is 7.00. The average molecular weight is 206 g/mol. The molecule has 0 saturated carbocycles. The van der Waals surface area contributed by atoms with Crippen molar-refractivity contribution >= 4 is 12.0 Å². The molecule has 80 valence electrons. The first-order chi connectivity index (χ1) is 7.15. The van der Waals surface area contributed by atoms with E-state index < -0.39 is 5.97 Å². The molecule has 4 nitrogen and oxygen atoms in total. The van der Waals surface area contributed by atoms with E-state index in [0.717, 1.165) is 12.0 Å². The second-order valence-electron chi connectivity index (χ2n) is 3.22. The van der Waals surface area contributed by atoms with Gasteiger partial charge in [0.25, 0.3) is 0 Å². The van der Waals surface area contributed by atoms with Gasteiger partial charge in [0.15, 0.2) is 5.69 Å². The Morgan fingerprint density at radius 2 is 2.40 bits per heavy atom. The van der Waals surface area contributed by atoms with Gasteiger partial charge in [-0.3, -0.25) is 0 Å². The third-order valence-corrected chi connectivity index (χ3v) is 1.95. The van der Waals surface area contributed by atoms with Crippen LogP contribution in [0.15, 0.2) is 18.3 Å². The van der Waals surface area contributed by atoms with E-state index >= 15 is 0 Å². The van der Waals surface area contributed by atoms with E-state index in [-0.39, 0.29) is 5.69 Å². The SMILES string of the molecule is Cc1cc(C=CCCN)cnc1C(=O)O. The Bertz CT molecular complexity index is 386. The molecule has 1 rings (SSSR count). The number of carboxylic acid groups (broad SMARTS) is 1. The van der Waals surface area contributed by atoms with Crippen LogP contribution < -0.4 is 5.73 Å². The fourth-order valence-corrected chi connectivity index (χ4v) is 1.23. The Labute approximate surface area is 88.4 Å². The minimum absolute atomic E-state index is 0.103. The van der Waals surface area contributed by atoms with E-state index in [1.165, 1.54) is 0 Å². The summed E-state index contributed by atoms with van der Waals surface area (Å²) in [6, 6.07) is 1.80. The number of pyridine rings is 1. The molecular weight excluding hydrogens is 192 g/mol. The molecule has 0 aliphatic carbocycles. The summed E-state index contributed by atoms with van der Waals surface area (Å²) in [6.07, 6.45) is 6.18. The van der Waals surface area contributed by atoms with Crippen molar-refractivity contribution < 1.29 is 9.90 Å². The van der Waals surface area contributed by atoms with Crippen LogP contribution in [0.3, 0.4) is 0 Å². The fraction of sp³-hybridized carbons (Fsp3) is 0.273. The monoisotopic (exact) mass is 206 g/mol. The fourth-order valence-electron chi connectivity index (χ4n) is 1.23. The third kappa shape index (κ3) is 3.18. The summed E-state index contributed by atoms with van der Waals surface area (Å²) in [5, 5.41) is 8.77. The molecule has 0 radical (unpaired) electrons. The van der Waals surface area contributed by atoms with Gasteiger partial charge >= 0.3 is 5.97 Å². The quantitative estimate of drug-likeness (QED) is 0.781. The zero-order chi connectivity index (χ0) is 11.3. The van der Waals surface area contributed by atoms with Gasteiger partial charge in [-0.05, 0) is 37.1 Å². The summed E-state index contributed by atoms with van der Waals surface area (Å²) >= 11 is 0. The van der Waals surface area contributed by atoms with Gasteiger partial charge in [0.2, 0.25) is 0 Å². The zero-order valence-electron chi connectivity index (χ0n) is 8.60. The highest BCUT2D eigenvalue weighted by molar-refractivity contribution is 5.87. The maximum atomic E-state index is 10.7. The van der Waals surface area contributed by atoms with Crippen molar-refractivity contribution in [3.63, 3.8) is 0 Å². The Hall–Kier alpha value is -1.68. The lowest BCUT2D eigenvalue weighted by Crippen LogP contribution is -2.03. The number of rotatable bonds is 4. The molecule has 0 spiro atoms. The molecule has 0 saturated heterocycles. The molecule has 0 aliphatic heterocycles. The van der Waals surface area contributed by atoms with Crippen LogP contribution in [-0.4, -0.2) is 22.6 Å². The molecule has 3 N–H and O–H groups in total. The van der Waals surface area contributed by atoms with Crippen LogP contribution >= 0.6 is 0 Å². The number of hydrogen-bond donors (Lipinski definition) is 2. The lowest BCUT2D eigenvalue weighted by atomic mass is 10.1. The van der Waals surface area contributed by atoms with Gasteiger partial charge in [-0.1, -0.05) is 12.2 Å². The number of aromatic nitrogens is 1. The van der Waals surface area contributed by atoms with E-state index in [1.54, 1.807) is 19.2 Å². The first-order valence-corrected chi connectivity index (χ1v) is 4.71. The number of aromatic carboxylic acids is 1. The number of carbonyl (C=O) groups is 1. The molecule has 1 aromatic rings. The minimum atomic E-state index is -0.995. The lowest BCUT2D eigenvalue weighted by molar-refractivity contribution is 0.0689. The molecule has 0 aliphatic rings. The van der Waals surface area contributed by atoms with Crippen LogP contribution in [0.4, 0.5) is 0 Å². The van der Waals surface area contributed by atoms with E-state index in [1.807, 2.05) is 12.2 Å². The Morgan fingerprint density at radius 1 is 1.67 bits per heavy atom. The molecule has 1 heterocycles. The molecule has 0 fully saturated rings. The highest BCUT2D eigenvalue weighted by Crippen LogP contribution is 2.09. The average Bonchev–Trinajstić information content (AvgIpc) is 2.17. The number of nitrogens with zero attached hydrogens (tertiary/aromatic N) is 1. The minimum Gasteiger partial charge on any atom is -0.477 e. The summed E-state index contributed by atoms with van der Waals surface area (Å²) in [5.74, 6) is -0.995. The first kappa shape index (κ1) is 11.4. The standard InChI is InChI=1S/C11H14N2O2/c1-8-6-9(4-2-3-5-12)7-13-10(8)11(14)15/h2,4,6-7H,3,5,12H2,1H3,(H,14,15). The van der Waals surface area contributed by atoms with E-state index in [0.29, 0.717) is 12.1 Å². The molecule has 0 atom stereocenters. The topological polar surface area (TPSA) is 76.2 Å². The summed E-state index contributed by atoms with van der Waals surface area (Å²) in [7, 11) is 0.